The van der Waals surface area contributed by atoms with Crippen LogP contribution < -0.4 is 10.2 Å². The van der Waals surface area contributed by atoms with Crippen LogP contribution in [0.5, 0.6) is 0 Å². The predicted octanol–water partition coefficient (Wildman–Crippen LogP) is 3.91. The Labute approximate surface area is 162 Å². The van der Waals surface area contributed by atoms with Crippen LogP contribution in [0.25, 0.3) is 9.88 Å². The van der Waals surface area contributed by atoms with Crippen molar-refractivity contribution in [3.8, 4) is 9.88 Å². The molecule has 2 aromatic heterocycles. The van der Waals surface area contributed by atoms with Crippen LogP contribution in [-0.4, -0.2) is 28.6 Å². The molecule has 1 N–H and O–H groups in total. The molecule has 1 aromatic carbocycles. The van der Waals surface area contributed by atoms with Gasteiger partial charge in [-0.2, -0.15) is 0 Å². The number of halogens is 1. The molecular weight excluding hydrogens is 392 g/mol. The van der Waals surface area contributed by atoms with E-state index in [-0.39, 0.29) is 18.2 Å². The molecule has 3 aromatic rings. The Kier molecular flexibility index (Phi) is 4.71. The van der Waals surface area contributed by atoms with Gasteiger partial charge >= 0.3 is 0 Å². The van der Waals surface area contributed by atoms with Gasteiger partial charge in [0.1, 0.15) is 0 Å². The van der Waals surface area contributed by atoms with Crippen LogP contribution in [0, 0.1) is 5.92 Å². The minimum atomic E-state index is -0.424. The van der Waals surface area contributed by atoms with Gasteiger partial charge in [-0.05, 0) is 35.7 Å². The Morgan fingerprint density at radius 1 is 1.23 bits per heavy atom. The van der Waals surface area contributed by atoms with E-state index >= 15 is 0 Å². The highest BCUT2D eigenvalue weighted by atomic mass is 35.5. The number of anilines is 2. The quantitative estimate of drug-likeness (QED) is 0.715. The molecule has 6 nitrogen and oxygen atoms in total. The highest BCUT2D eigenvalue weighted by molar-refractivity contribution is 7.23. The minimum Gasteiger partial charge on any atom is -0.312 e. The number of benzene rings is 1. The van der Waals surface area contributed by atoms with Crippen LogP contribution in [-0.2, 0) is 9.59 Å². The largest absolute Gasteiger partial charge is 0.312 e. The average Bonchev–Trinajstić information content (AvgIpc) is 3.36. The Balaban J connectivity index is 1.43. The molecule has 26 heavy (non-hydrogen) atoms. The van der Waals surface area contributed by atoms with Crippen molar-refractivity contribution in [1.82, 2.24) is 10.2 Å². The third kappa shape index (κ3) is 3.48. The van der Waals surface area contributed by atoms with E-state index < -0.39 is 5.92 Å². The second kappa shape index (κ2) is 7.14. The number of amides is 2. The van der Waals surface area contributed by atoms with Crippen molar-refractivity contribution < 1.29 is 9.59 Å². The summed E-state index contributed by atoms with van der Waals surface area (Å²) in [6, 6.07) is 10.9. The van der Waals surface area contributed by atoms with Crippen LogP contribution in [0.15, 0.2) is 41.8 Å². The van der Waals surface area contributed by atoms with Gasteiger partial charge in [0, 0.05) is 23.7 Å². The van der Waals surface area contributed by atoms with Gasteiger partial charge in [0.05, 0.1) is 10.8 Å². The second-order valence-corrected chi connectivity index (χ2v) is 8.12. The number of thiophene rings is 1. The van der Waals surface area contributed by atoms with Crippen molar-refractivity contribution in [3.05, 3.63) is 46.8 Å². The summed E-state index contributed by atoms with van der Waals surface area (Å²) in [7, 11) is 0. The SMILES string of the molecule is O=C(Nc1nnc(-c2cccs2)s1)C1CC(=O)N(c2ccc(Cl)cc2)C1. The predicted molar refractivity (Wildman–Crippen MR) is 104 cm³/mol. The minimum absolute atomic E-state index is 0.0796. The van der Waals surface area contributed by atoms with E-state index in [0.717, 1.165) is 15.6 Å². The smallest absolute Gasteiger partial charge is 0.231 e. The molecule has 0 aliphatic carbocycles. The number of rotatable bonds is 4. The summed E-state index contributed by atoms with van der Waals surface area (Å²) in [6.45, 7) is 0.336. The van der Waals surface area contributed by atoms with Crippen LogP contribution in [0.3, 0.4) is 0 Å². The van der Waals surface area contributed by atoms with Crippen LogP contribution in [0.1, 0.15) is 6.42 Å². The maximum atomic E-state index is 12.5. The fraction of sp³-hybridized carbons (Fsp3) is 0.176. The molecule has 1 aliphatic heterocycles. The maximum absolute atomic E-state index is 12.5. The topological polar surface area (TPSA) is 75.2 Å². The normalized spacial score (nSPS) is 16.9. The number of hydrogen-bond acceptors (Lipinski definition) is 6. The van der Waals surface area contributed by atoms with E-state index in [1.54, 1.807) is 40.5 Å². The van der Waals surface area contributed by atoms with Crippen molar-refractivity contribution in [3.63, 3.8) is 0 Å². The molecule has 132 valence electrons. The molecule has 3 heterocycles. The van der Waals surface area contributed by atoms with Gasteiger partial charge in [-0.1, -0.05) is 29.0 Å². The average molecular weight is 405 g/mol. The van der Waals surface area contributed by atoms with E-state index in [1.165, 1.54) is 11.3 Å². The van der Waals surface area contributed by atoms with Crippen molar-refractivity contribution in [2.45, 2.75) is 6.42 Å². The zero-order valence-electron chi connectivity index (χ0n) is 13.4. The third-order valence-corrected chi connectivity index (χ3v) is 6.15. The first-order valence-corrected chi connectivity index (χ1v) is 9.92. The lowest BCUT2D eigenvalue weighted by atomic mass is 10.1. The van der Waals surface area contributed by atoms with E-state index in [9.17, 15) is 9.59 Å². The van der Waals surface area contributed by atoms with Gasteiger partial charge in [0.15, 0.2) is 5.01 Å². The van der Waals surface area contributed by atoms with Crippen molar-refractivity contribution in [1.29, 1.82) is 0 Å². The summed E-state index contributed by atoms with van der Waals surface area (Å²) in [4.78, 5) is 27.4. The molecule has 0 saturated carbocycles. The lowest BCUT2D eigenvalue weighted by Gasteiger charge is -2.16. The lowest BCUT2D eigenvalue weighted by molar-refractivity contribution is -0.122. The summed E-state index contributed by atoms with van der Waals surface area (Å²) in [6.07, 6.45) is 0.172. The molecular formula is C17H13ClN4O2S2. The van der Waals surface area contributed by atoms with E-state index in [1.807, 2.05) is 17.5 Å². The number of nitrogens with one attached hydrogen (secondary N) is 1. The number of nitrogens with zero attached hydrogens (tertiary/aromatic N) is 3. The van der Waals surface area contributed by atoms with Crippen molar-refractivity contribution >= 4 is 56.9 Å². The lowest BCUT2D eigenvalue weighted by Crippen LogP contribution is -2.28. The zero-order valence-corrected chi connectivity index (χ0v) is 15.8. The third-order valence-electron chi connectivity index (χ3n) is 4.02. The molecule has 0 radical (unpaired) electrons. The van der Waals surface area contributed by atoms with E-state index in [4.69, 9.17) is 11.6 Å². The fourth-order valence-corrected chi connectivity index (χ4v) is 4.40. The Hall–Kier alpha value is -2.29. The summed E-state index contributed by atoms with van der Waals surface area (Å²) < 4.78 is 0. The van der Waals surface area contributed by atoms with Crippen molar-refractivity contribution in [2.75, 3.05) is 16.8 Å². The van der Waals surface area contributed by atoms with Crippen LogP contribution in [0.2, 0.25) is 5.02 Å². The summed E-state index contributed by atoms with van der Waals surface area (Å²) in [5, 5.41) is 14.7. The second-order valence-electron chi connectivity index (χ2n) is 5.76. The van der Waals surface area contributed by atoms with Crippen LogP contribution in [0.4, 0.5) is 10.8 Å². The van der Waals surface area contributed by atoms with Crippen LogP contribution >= 0.6 is 34.3 Å². The first-order chi connectivity index (χ1) is 12.6. The van der Waals surface area contributed by atoms with Gasteiger partial charge in [-0.3, -0.25) is 9.59 Å². The molecule has 2 amide bonds. The molecule has 1 unspecified atom stereocenters. The number of aromatic nitrogens is 2. The Bertz CT molecular complexity index is 940. The van der Waals surface area contributed by atoms with Gasteiger partial charge in [0.2, 0.25) is 16.9 Å². The highest BCUT2D eigenvalue weighted by Crippen LogP contribution is 2.31. The molecule has 0 bridgehead atoms. The molecule has 1 fully saturated rings. The zero-order chi connectivity index (χ0) is 18.1. The molecule has 1 saturated heterocycles. The number of hydrogen-bond donors (Lipinski definition) is 1. The number of carbonyl (C=O) groups excluding carboxylic acids is 2. The van der Waals surface area contributed by atoms with Gasteiger partial charge < -0.3 is 10.2 Å². The first kappa shape index (κ1) is 17.1. The summed E-state index contributed by atoms with van der Waals surface area (Å²) in [5.41, 5.74) is 0.741. The molecule has 4 rings (SSSR count). The van der Waals surface area contributed by atoms with Gasteiger partial charge in [0.25, 0.3) is 0 Å². The van der Waals surface area contributed by atoms with E-state index in [0.29, 0.717) is 16.7 Å². The Morgan fingerprint density at radius 3 is 2.77 bits per heavy atom. The fourth-order valence-electron chi connectivity index (χ4n) is 2.73. The molecule has 1 aliphatic rings. The molecule has 9 heteroatoms. The standard InChI is InChI=1S/C17H13ClN4O2S2/c18-11-3-5-12(6-4-11)22-9-10(8-14(22)23)15(24)19-17-21-20-16(26-17)13-2-1-7-25-13/h1-7,10H,8-9H2,(H,19,21,24). The Morgan fingerprint density at radius 2 is 2.04 bits per heavy atom. The van der Waals surface area contributed by atoms with Gasteiger partial charge in [-0.25, -0.2) is 0 Å². The summed E-state index contributed by atoms with van der Waals surface area (Å²) in [5.74, 6) is -0.722. The van der Waals surface area contributed by atoms with Gasteiger partial charge in [-0.15, -0.1) is 21.5 Å². The maximum Gasteiger partial charge on any atom is 0.231 e. The highest BCUT2D eigenvalue weighted by Gasteiger charge is 2.35. The number of carbonyl (C=O) groups is 2. The van der Waals surface area contributed by atoms with Crippen molar-refractivity contribution in [2.24, 2.45) is 5.92 Å². The van der Waals surface area contributed by atoms with E-state index in [2.05, 4.69) is 15.5 Å². The molecule has 0 spiro atoms. The monoisotopic (exact) mass is 404 g/mol. The summed E-state index contributed by atoms with van der Waals surface area (Å²) >= 11 is 8.77. The molecule has 1 atom stereocenters. The first-order valence-electron chi connectivity index (χ1n) is 7.84.